The summed E-state index contributed by atoms with van der Waals surface area (Å²) in [4.78, 5) is 9.21. The molecule has 2 N–H and O–H groups in total. The molecule has 0 aromatic carbocycles. The third-order valence-electron chi connectivity index (χ3n) is 3.74. The largest absolute Gasteiger partial charge is 0.354 e. The summed E-state index contributed by atoms with van der Waals surface area (Å²) in [6.07, 6.45) is 2.88. The monoisotopic (exact) mass is 248 g/mol. The van der Waals surface area contributed by atoms with Gasteiger partial charge in [-0.05, 0) is 25.5 Å². The van der Waals surface area contributed by atoms with Crippen molar-refractivity contribution < 1.29 is 0 Å². The van der Waals surface area contributed by atoms with E-state index >= 15 is 0 Å². The van der Waals surface area contributed by atoms with Gasteiger partial charge in [0, 0.05) is 44.5 Å². The average molecular weight is 248 g/mol. The summed E-state index contributed by atoms with van der Waals surface area (Å²) in [5.41, 5.74) is 6.16. The molecule has 1 aliphatic heterocycles. The van der Waals surface area contributed by atoms with Crippen LogP contribution in [0.5, 0.6) is 0 Å². The van der Waals surface area contributed by atoms with Crippen molar-refractivity contribution in [2.75, 3.05) is 37.6 Å². The summed E-state index contributed by atoms with van der Waals surface area (Å²) in [5, 5.41) is 0. The summed E-state index contributed by atoms with van der Waals surface area (Å²) in [5.74, 6) is 1.09. The zero-order valence-electron chi connectivity index (χ0n) is 11.5. The number of nitrogens with zero attached hydrogens (tertiary/aromatic N) is 3. The van der Waals surface area contributed by atoms with Gasteiger partial charge in [0.2, 0.25) is 0 Å². The lowest BCUT2D eigenvalue weighted by atomic mass is 9.99. The molecule has 1 aromatic rings. The Balaban J connectivity index is 1.85. The number of nitrogens with two attached hydrogens (primary N) is 1. The molecule has 0 amide bonds. The van der Waals surface area contributed by atoms with Gasteiger partial charge in [-0.2, -0.15) is 0 Å². The highest BCUT2D eigenvalue weighted by Crippen LogP contribution is 2.14. The van der Waals surface area contributed by atoms with Gasteiger partial charge >= 0.3 is 0 Å². The second kappa shape index (κ2) is 5.67. The lowest BCUT2D eigenvalue weighted by molar-refractivity contribution is 0.202. The van der Waals surface area contributed by atoms with Gasteiger partial charge in [-0.15, -0.1) is 0 Å². The smallest absolute Gasteiger partial charge is 0.128 e. The summed E-state index contributed by atoms with van der Waals surface area (Å²) >= 11 is 0. The molecule has 2 heterocycles. The maximum Gasteiger partial charge on any atom is 0.128 e. The van der Waals surface area contributed by atoms with Crippen LogP contribution in [-0.4, -0.2) is 48.1 Å². The van der Waals surface area contributed by atoms with Crippen molar-refractivity contribution in [2.45, 2.75) is 25.8 Å². The van der Waals surface area contributed by atoms with Crippen molar-refractivity contribution in [3.63, 3.8) is 0 Å². The van der Waals surface area contributed by atoms with Crippen LogP contribution >= 0.6 is 0 Å². The molecule has 4 nitrogen and oxygen atoms in total. The van der Waals surface area contributed by atoms with Crippen LogP contribution in [0.25, 0.3) is 0 Å². The number of aromatic nitrogens is 1. The van der Waals surface area contributed by atoms with Crippen molar-refractivity contribution in [1.29, 1.82) is 0 Å². The maximum atomic E-state index is 6.23. The molecule has 100 valence electrons. The molecule has 18 heavy (non-hydrogen) atoms. The highest BCUT2D eigenvalue weighted by Gasteiger charge is 2.24. The first-order valence-electron chi connectivity index (χ1n) is 6.78. The number of piperazine rings is 1. The van der Waals surface area contributed by atoms with Crippen LogP contribution in [0.15, 0.2) is 24.4 Å². The predicted octanol–water partition coefficient (Wildman–Crippen LogP) is 1.33. The van der Waals surface area contributed by atoms with E-state index in [0.717, 1.165) is 45.0 Å². The molecular weight excluding hydrogens is 224 g/mol. The van der Waals surface area contributed by atoms with Gasteiger partial charge in [-0.25, -0.2) is 4.98 Å². The maximum absolute atomic E-state index is 6.23. The number of rotatable bonds is 4. The van der Waals surface area contributed by atoms with E-state index in [2.05, 4.69) is 34.7 Å². The van der Waals surface area contributed by atoms with Crippen LogP contribution in [0, 0.1) is 0 Å². The minimum absolute atomic E-state index is 0.0623. The van der Waals surface area contributed by atoms with Crippen LogP contribution in [0.1, 0.15) is 20.3 Å². The van der Waals surface area contributed by atoms with E-state index < -0.39 is 0 Å². The van der Waals surface area contributed by atoms with Crippen molar-refractivity contribution in [3.8, 4) is 0 Å². The van der Waals surface area contributed by atoms with Gasteiger partial charge < -0.3 is 10.6 Å². The molecule has 1 saturated heterocycles. The summed E-state index contributed by atoms with van der Waals surface area (Å²) in [6, 6.07) is 6.08. The van der Waals surface area contributed by atoms with Crippen molar-refractivity contribution >= 4 is 5.82 Å². The molecule has 0 spiro atoms. The third-order valence-corrected chi connectivity index (χ3v) is 3.74. The first kappa shape index (κ1) is 13.3. The second-order valence-corrected chi connectivity index (χ2v) is 5.46. The minimum Gasteiger partial charge on any atom is -0.354 e. The van der Waals surface area contributed by atoms with E-state index in [1.807, 2.05) is 18.3 Å². The Labute approximate surface area is 110 Å². The fourth-order valence-electron chi connectivity index (χ4n) is 2.30. The number of anilines is 1. The Kier molecular flexibility index (Phi) is 4.19. The van der Waals surface area contributed by atoms with Crippen LogP contribution < -0.4 is 10.6 Å². The van der Waals surface area contributed by atoms with Crippen molar-refractivity contribution in [2.24, 2.45) is 5.73 Å². The molecule has 0 bridgehead atoms. The lowest BCUT2D eigenvalue weighted by Gasteiger charge is -2.39. The number of hydrogen-bond donors (Lipinski definition) is 1. The Morgan fingerprint density at radius 1 is 1.28 bits per heavy atom. The van der Waals surface area contributed by atoms with E-state index in [1.54, 1.807) is 0 Å². The molecule has 4 heteroatoms. The standard InChI is InChI=1S/C14H24N4/c1-3-14(2,15)12-17-8-10-18(11-9-17)13-6-4-5-7-16-13/h4-7H,3,8-12,15H2,1-2H3. The SMILES string of the molecule is CCC(C)(N)CN1CCN(c2ccccn2)CC1. The quantitative estimate of drug-likeness (QED) is 0.873. The second-order valence-electron chi connectivity index (χ2n) is 5.46. The average Bonchev–Trinajstić information content (AvgIpc) is 2.40. The van der Waals surface area contributed by atoms with Gasteiger partial charge in [0.25, 0.3) is 0 Å². The van der Waals surface area contributed by atoms with E-state index in [1.165, 1.54) is 0 Å². The van der Waals surface area contributed by atoms with E-state index in [-0.39, 0.29) is 5.54 Å². The van der Waals surface area contributed by atoms with Crippen LogP contribution in [0.3, 0.4) is 0 Å². The van der Waals surface area contributed by atoms with Gasteiger partial charge in [0.15, 0.2) is 0 Å². The molecule has 1 fully saturated rings. The number of hydrogen-bond acceptors (Lipinski definition) is 4. The molecule has 2 rings (SSSR count). The predicted molar refractivity (Wildman–Crippen MR) is 75.8 cm³/mol. The van der Waals surface area contributed by atoms with E-state index in [0.29, 0.717) is 0 Å². The molecule has 0 saturated carbocycles. The molecule has 1 unspecified atom stereocenters. The van der Waals surface area contributed by atoms with Crippen molar-refractivity contribution in [3.05, 3.63) is 24.4 Å². The van der Waals surface area contributed by atoms with E-state index in [4.69, 9.17) is 5.73 Å². The molecule has 1 atom stereocenters. The number of pyridine rings is 1. The van der Waals surface area contributed by atoms with Gasteiger partial charge in [-0.3, -0.25) is 4.90 Å². The lowest BCUT2D eigenvalue weighted by Crippen LogP contribution is -2.54. The molecule has 0 radical (unpaired) electrons. The summed E-state index contributed by atoms with van der Waals surface area (Å²) in [7, 11) is 0. The van der Waals surface area contributed by atoms with Crippen LogP contribution in [-0.2, 0) is 0 Å². The third kappa shape index (κ3) is 3.43. The fourth-order valence-corrected chi connectivity index (χ4v) is 2.30. The molecule has 1 aromatic heterocycles. The Morgan fingerprint density at radius 3 is 2.56 bits per heavy atom. The highest BCUT2D eigenvalue weighted by atomic mass is 15.3. The first-order chi connectivity index (χ1) is 8.61. The van der Waals surface area contributed by atoms with Crippen LogP contribution in [0.2, 0.25) is 0 Å². The van der Waals surface area contributed by atoms with Crippen LogP contribution in [0.4, 0.5) is 5.82 Å². The van der Waals surface area contributed by atoms with Crippen molar-refractivity contribution in [1.82, 2.24) is 9.88 Å². The first-order valence-corrected chi connectivity index (χ1v) is 6.78. The Morgan fingerprint density at radius 2 is 2.00 bits per heavy atom. The van der Waals surface area contributed by atoms with Gasteiger partial charge in [0.1, 0.15) is 5.82 Å². The molecular formula is C14H24N4. The Hall–Kier alpha value is -1.13. The Bertz CT molecular complexity index is 355. The summed E-state index contributed by atoms with van der Waals surface area (Å²) in [6.45, 7) is 9.50. The normalized spacial score (nSPS) is 20.7. The molecule has 1 aliphatic rings. The summed E-state index contributed by atoms with van der Waals surface area (Å²) < 4.78 is 0. The van der Waals surface area contributed by atoms with Gasteiger partial charge in [0.05, 0.1) is 0 Å². The zero-order valence-corrected chi connectivity index (χ0v) is 11.5. The highest BCUT2D eigenvalue weighted by molar-refractivity contribution is 5.38. The van der Waals surface area contributed by atoms with E-state index in [9.17, 15) is 0 Å². The minimum atomic E-state index is -0.0623. The topological polar surface area (TPSA) is 45.4 Å². The molecule has 0 aliphatic carbocycles. The van der Waals surface area contributed by atoms with Gasteiger partial charge in [-0.1, -0.05) is 13.0 Å². The zero-order chi connectivity index (χ0) is 13.0. The fraction of sp³-hybridized carbons (Fsp3) is 0.643.